The number of hydrogen-bond acceptors (Lipinski definition) is 4. The fourth-order valence-corrected chi connectivity index (χ4v) is 1.84. The van der Waals surface area contributed by atoms with E-state index < -0.39 is 6.10 Å². The summed E-state index contributed by atoms with van der Waals surface area (Å²) in [5.41, 5.74) is 6.80. The van der Waals surface area contributed by atoms with Crippen molar-refractivity contribution in [2.75, 3.05) is 6.61 Å². The van der Waals surface area contributed by atoms with Gasteiger partial charge in [0, 0.05) is 11.6 Å². The Morgan fingerprint density at radius 3 is 2.58 bits per heavy atom. The predicted octanol–water partition coefficient (Wildman–Crippen LogP) is 2.82. The summed E-state index contributed by atoms with van der Waals surface area (Å²) in [6.45, 7) is 6.04. The van der Waals surface area contributed by atoms with Crippen molar-refractivity contribution in [3.05, 3.63) is 29.8 Å². The van der Waals surface area contributed by atoms with E-state index in [0.29, 0.717) is 18.8 Å². The van der Waals surface area contributed by atoms with Gasteiger partial charge in [-0.25, -0.2) is 4.79 Å². The third kappa shape index (κ3) is 4.56. The lowest BCUT2D eigenvalue weighted by molar-refractivity contribution is -0.151. The summed E-state index contributed by atoms with van der Waals surface area (Å²) in [5, 5.41) is 0. The molecule has 0 saturated heterocycles. The van der Waals surface area contributed by atoms with Crippen molar-refractivity contribution in [1.82, 2.24) is 0 Å². The van der Waals surface area contributed by atoms with Crippen molar-refractivity contribution < 1.29 is 14.3 Å². The minimum Gasteiger partial charge on any atom is -0.478 e. The summed E-state index contributed by atoms with van der Waals surface area (Å²) in [5.74, 6) is 0.341. The van der Waals surface area contributed by atoms with Crippen LogP contribution in [0.4, 0.5) is 0 Å². The summed E-state index contributed by atoms with van der Waals surface area (Å²) in [6, 6.07) is 7.38. The number of carbonyl (C=O) groups is 1. The zero-order valence-corrected chi connectivity index (χ0v) is 11.9. The molecule has 2 N–H and O–H groups in total. The van der Waals surface area contributed by atoms with E-state index in [1.54, 1.807) is 6.92 Å². The van der Waals surface area contributed by atoms with Crippen LogP contribution in [0.15, 0.2) is 24.3 Å². The highest BCUT2D eigenvalue weighted by Gasteiger charge is 2.22. The van der Waals surface area contributed by atoms with Gasteiger partial charge < -0.3 is 15.2 Å². The lowest BCUT2D eigenvalue weighted by Gasteiger charge is -2.20. The predicted molar refractivity (Wildman–Crippen MR) is 75.0 cm³/mol. The van der Waals surface area contributed by atoms with Crippen molar-refractivity contribution in [3.63, 3.8) is 0 Å². The van der Waals surface area contributed by atoms with E-state index in [1.165, 1.54) is 0 Å². The number of hydrogen-bond donors (Lipinski definition) is 1. The number of nitrogens with two attached hydrogens (primary N) is 1. The van der Waals surface area contributed by atoms with E-state index in [2.05, 4.69) is 0 Å². The molecule has 1 aromatic rings. The second kappa shape index (κ2) is 7.79. The summed E-state index contributed by atoms with van der Waals surface area (Å²) in [4.78, 5) is 11.8. The molecule has 0 saturated carbocycles. The minimum atomic E-state index is -0.565. The molecule has 0 amide bonds. The number of esters is 1. The average molecular weight is 265 g/mol. The topological polar surface area (TPSA) is 61.5 Å². The van der Waals surface area contributed by atoms with E-state index in [0.717, 1.165) is 12.0 Å². The molecular formula is C15H23NO3. The Balaban J connectivity index is 2.87. The number of para-hydroxylation sites is 1. The molecule has 0 radical (unpaired) electrons. The molecule has 0 fully saturated rings. The fourth-order valence-electron chi connectivity index (χ4n) is 1.84. The SMILES string of the molecule is CCCC(Oc1ccccc1[C@@H](C)N)C(=O)OCC. The minimum absolute atomic E-state index is 0.138. The van der Waals surface area contributed by atoms with Gasteiger partial charge >= 0.3 is 5.97 Å². The van der Waals surface area contributed by atoms with Crippen molar-refractivity contribution in [2.24, 2.45) is 5.73 Å². The van der Waals surface area contributed by atoms with Crippen LogP contribution in [0.5, 0.6) is 5.75 Å². The number of benzene rings is 1. The van der Waals surface area contributed by atoms with Crippen LogP contribution in [-0.2, 0) is 9.53 Å². The Bertz CT molecular complexity index is 404. The Hall–Kier alpha value is -1.55. The van der Waals surface area contributed by atoms with Crippen LogP contribution in [-0.4, -0.2) is 18.7 Å². The lowest BCUT2D eigenvalue weighted by atomic mass is 10.1. The summed E-state index contributed by atoms with van der Waals surface area (Å²) < 4.78 is 10.8. The Kier molecular flexibility index (Phi) is 6.36. The van der Waals surface area contributed by atoms with Crippen molar-refractivity contribution in [3.8, 4) is 5.75 Å². The van der Waals surface area contributed by atoms with Crippen LogP contribution < -0.4 is 10.5 Å². The lowest BCUT2D eigenvalue weighted by Crippen LogP contribution is -2.30. The second-order valence-corrected chi connectivity index (χ2v) is 4.47. The molecule has 4 nitrogen and oxygen atoms in total. The second-order valence-electron chi connectivity index (χ2n) is 4.47. The van der Waals surface area contributed by atoms with Gasteiger partial charge in [-0.15, -0.1) is 0 Å². The third-order valence-electron chi connectivity index (χ3n) is 2.78. The summed E-state index contributed by atoms with van der Waals surface area (Å²) >= 11 is 0. The normalized spacial score (nSPS) is 13.7. The first-order valence-corrected chi connectivity index (χ1v) is 6.77. The molecule has 106 valence electrons. The van der Waals surface area contributed by atoms with Crippen LogP contribution in [0.2, 0.25) is 0 Å². The molecule has 1 aromatic carbocycles. The number of carbonyl (C=O) groups excluding carboxylic acids is 1. The zero-order valence-electron chi connectivity index (χ0n) is 11.9. The van der Waals surface area contributed by atoms with Crippen LogP contribution in [0.3, 0.4) is 0 Å². The highest BCUT2D eigenvalue weighted by Crippen LogP contribution is 2.25. The first-order valence-electron chi connectivity index (χ1n) is 6.77. The van der Waals surface area contributed by atoms with Gasteiger partial charge in [0.2, 0.25) is 0 Å². The standard InChI is InChI=1S/C15H23NO3/c1-4-8-14(15(17)18-5-2)19-13-10-7-6-9-12(13)11(3)16/h6-7,9-11,14H,4-5,8,16H2,1-3H3/t11-,14?/m1/s1. The first-order chi connectivity index (χ1) is 9.10. The molecule has 19 heavy (non-hydrogen) atoms. The Labute approximate surface area is 114 Å². The number of rotatable bonds is 7. The smallest absolute Gasteiger partial charge is 0.347 e. The Morgan fingerprint density at radius 1 is 1.32 bits per heavy atom. The maximum atomic E-state index is 11.8. The van der Waals surface area contributed by atoms with Gasteiger partial charge in [0.1, 0.15) is 5.75 Å². The molecule has 0 aliphatic rings. The molecule has 1 unspecified atom stereocenters. The van der Waals surface area contributed by atoms with Crippen molar-refractivity contribution >= 4 is 5.97 Å². The first kappa shape index (κ1) is 15.5. The molecule has 1 rings (SSSR count). The maximum absolute atomic E-state index is 11.8. The molecule has 0 aliphatic carbocycles. The zero-order chi connectivity index (χ0) is 14.3. The number of ether oxygens (including phenoxy) is 2. The quantitative estimate of drug-likeness (QED) is 0.770. The highest BCUT2D eigenvalue weighted by molar-refractivity contribution is 5.75. The van der Waals surface area contributed by atoms with Gasteiger partial charge in [-0.2, -0.15) is 0 Å². The molecular weight excluding hydrogens is 242 g/mol. The van der Waals surface area contributed by atoms with Crippen molar-refractivity contribution in [1.29, 1.82) is 0 Å². The van der Waals surface area contributed by atoms with E-state index in [4.69, 9.17) is 15.2 Å². The monoisotopic (exact) mass is 265 g/mol. The fraction of sp³-hybridized carbons (Fsp3) is 0.533. The molecule has 0 aromatic heterocycles. The molecule has 0 spiro atoms. The summed E-state index contributed by atoms with van der Waals surface area (Å²) in [6.07, 6.45) is 0.917. The van der Waals surface area contributed by atoms with Crippen LogP contribution in [0.1, 0.15) is 45.2 Å². The van der Waals surface area contributed by atoms with Gasteiger partial charge in [0.25, 0.3) is 0 Å². The van der Waals surface area contributed by atoms with Gasteiger partial charge in [0.05, 0.1) is 6.61 Å². The van der Waals surface area contributed by atoms with Crippen LogP contribution in [0, 0.1) is 0 Å². The average Bonchev–Trinajstić information content (AvgIpc) is 2.39. The molecule has 4 heteroatoms. The molecule has 0 heterocycles. The van der Waals surface area contributed by atoms with Gasteiger partial charge in [-0.1, -0.05) is 31.5 Å². The van der Waals surface area contributed by atoms with E-state index in [9.17, 15) is 4.79 Å². The molecule has 2 atom stereocenters. The van der Waals surface area contributed by atoms with Crippen molar-refractivity contribution in [2.45, 2.75) is 45.8 Å². The maximum Gasteiger partial charge on any atom is 0.347 e. The highest BCUT2D eigenvalue weighted by atomic mass is 16.6. The summed E-state index contributed by atoms with van der Waals surface area (Å²) in [7, 11) is 0. The molecule has 0 bridgehead atoms. The van der Waals surface area contributed by atoms with E-state index in [-0.39, 0.29) is 12.0 Å². The van der Waals surface area contributed by atoms with Gasteiger partial charge in [0.15, 0.2) is 6.10 Å². The van der Waals surface area contributed by atoms with Gasteiger partial charge in [-0.05, 0) is 26.3 Å². The third-order valence-corrected chi connectivity index (χ3v) is 2.78. The molecule has 0 aliphatic heterocycles. The Morgan fingerprint density at radius 2 is 2.00 bits per heavy atom. The van der Waals surface area contributed by atoms with Crippen LogP contribution >= 0.6 is 0 Å². The van der Waals surface area contributed by atoms with Crippen LogP contribution in [0.25, 0.3) is 0 Å². The largest absolute Gasteiger partial charge is 0.478 e. The van der Waals surface area contributed by atoms with E-state index >= 15 is 0 Å². The van der Waals surface area contributed by atoms with E-state index in [1.807, 2.05) is 38.1 Å². The van der Waals surface area contributed by atoms with Gasteiger partial charge in [-0.3, -0.25) is 0 Å².